The van der Waals surface area contributed by atoms with E-state index in [0.29, 0.717) is 0 Å². The summed E-state index contributed by atoms with van der Waals surface area (Å²) in [5.41, 5.74) is 7.23. The molecule has 0 radical (unpaired) electrons. The lowest BCUT2D eigenvalue weighted by molar-refractivity contribution is 0.319. The van der Waals surface area contributed by atoms with E-state index in [0.717, 1.165) is 20.4 Å². The van der Waals surface area contributed by atoms with Crippen molar-refractivity contribution in [2.75, 3.05) is 0 Å². The number of fused-ring (bicyclic) bond motifs is 1. The van der Waals surface area contributed by atoms with Gasteiger partial charge in [0.25, 0.3) is 0 Å². The number of amidine groups is 1. The zero-order valence-corrected chi connectivity index (χ0v) is 7.49. The number of thiophene rings is 1. The molecule has 0 spiro atoms. The van der Waals surface area contributed by atoms with Crippen molar-refractivity contribution in [2.24, 2.45) is 10.9 Å². The Kier molecular flexibility index (Phi) is 1.59. The standard InChI is InChI=1S/C7H5ClN2OS/c8-5-2-3-1-4(6(3)12-5)7(9)10-11/h1-2,11H,(H2,9,10). The van der Waals surface area contributed by atoms with Crippen LogP contribution in [-0.2, 0) is 0 Å². The highest BCUT2D eigenvalue weighted by atomic mass is 35.5. The predicted molar refractivity (Wildman–Crippen MR) is 50.6 cm³/mol. The smallest absolute Gasteiger partial charge is 0.171 e. The van der Waals surface area contributed by atoms with Crippen molar-refractivity contribution in [3.8, 4) is 0 Å². The fourth-order valence-electron chi connectivity index (χ4n) is 1.08. The van der Waals surface area contributed by atoms with Crippen molar-refractivity contribution in [1.82, 2.24) is 0 Å². The first-order chi connectivity index (χ1) is 5.72. The zero-order valence-electron chi connectivity index (χ0n) is 5.91. The number of oxime groups is 1. The van der Waals surface area contributed by atoms with Crippen LogP contribution in [0.2, 0.25) is 4.34 Å². The molecule has 0 aliphatic heterocycles. The second-order valence-corrected chi connectivity index (χ2v) is 4.06. The Bertz CT molecular complexity index is 394. The van der Waals surface area contributed by atoms with Gasteiger partial charge in [-0.3, -0.25) is 0 Å². The van der Waals surface area contributed by atoms with Crippen LogP contribution in [0.15, 0.2) is 11.2 Å². The maximum atomic E-state index is 8.40. The van der Waals surface area contributed by atoms with E-state index in [1.165, 1.54) is 11.3 Å². The molecule has 2 rings (SSSR count). The first-order valence-corrected chi connectivity index (χ1v) is 4.41. The minimum Gasteiger partial charge on any atom is -0.409 e. The topological polar surface area (TPSA) is 58.6 Å². The predicted octanol–water partition coefficient (Wildman–Crippen LogP) is 2.00. The van der Waals surface area contributed by atoms with Gasteiger partial charge in [-0.05, 0) is 17.7 Å². The molecule has 0 amide bonds. The van der Waals surface area contributed by atoms with Crippen molar-refractivity contribution < 1.29 is 5.21 Å². The number of nitrogens with zero attached hydrogens (tertiary/aromatic N) is 1. The van der Waals surface area contributed by atoms with Gasteiger partial charge >= 0.3 is 0 Å². The molecule has 5 heteroatoms. The number of nitrogens with two attached hydrogens (primary N) is 1. The summed E-state index contributed by atoms with van der Waals surface area (Å²) in [7, 11) is 0. The van der Waals surface area contributed by atoms with Crippen molar-refractivity contribution in [3.63, 3.8) is 0 Å². The quantitative estimate of drug-likeness (QED) is 0.315. The molecule has 0 fully saturated rings. The van der Waals surface area contributed by atoms with Crippen molar-refractivity contribution in [1.29, 1.82) is 0 Å². The lowest BCUT2D eigenvalue weighted by Gasteiger charge is -2.12. The molecule has 0 saturated heterocycles. The SMILES string of the molecule is NC(=NO)C1=Cc2cc(Cl)sc21. The van der Waals surface area contributed by atoms with E-state index in [9.17, 15) is 0 Å². The molecule has 62 valence electrons. The van der Waals surface area contributed by atoms with Crippen molar-refractivity contribution in [2.45, 2.75) is 0 Å². The van der Waals surface area contributed by atoms with Gasteiger partial charge in [-0.2, -0.15) is 0 Å². The monoisotopic (exact) mass is 200 g/mol. The maximum absolute atomic E-state index is 8.40. The van der Waals surface area contributed by atoms with Crippen LogP contribution >= 0.6 is 22.9 Å². The summed E-state index contributed by atoms with van der Waals surface area (Å²) < 4.78 is 0.719. The van der Waals surface area contributed by atoms with Crippen LogP contribution in [0, 0.1) is 0 Å². The first kappa shape index (κ1) is 7.64. The average Bonchev–Trinajstić information content (AvgIpc) is 2.31. The lowest BCUT2D eigenvalue weighted by atomic mass is 9.98. The Hall–Kier alpha value is -1.000. The first-order valence-electron chi connectivity index (χ1n) is 3.21. The van der Waals surface area contributed by atoms with E-state index < -0.39 is 0 Å². The summed E-state index contributed by atoms with van der Waals surface area (Å²) in [6, 6.07) is 1.86. The molecule has 0 bridgehead atoms. The number of halogens is 1. The van der Waals surface area contributed by atoms with Gasteiger partial charge in [-0.15, -0.1) is 11.3 Å². The third-order valence-electron chi connectivity index (χ3n) is 1.66. The van der Waals surface area contributed by atoms with E-state index in [-0.39, 0.29) is 5.84 Å². The summed E-state index contributed by atoms with van der Waals surface area (Å²) >= 11 is 7.19. The molecule has 0 aromatic carbocycles. The van der Waals surface area contributed by atoms with Gasteiger partial charge in [0, 0.05) is 10.5 Å². The molecule has 3 nitrogen and oxygen atoms in total. The van der Waals surface area contributed by atoms with E-state index in [4.69, 9.17) is 22.5 Å². The molecule has 1 aromatic heterocycles. The number of hydrogen-bond donors (Lipinski definition) is 2. The third kappa shape index (κ3) is 0.922. The molecule has 12 heavy (non-hydrogen) atoms. The second kappa shape index (κ2) is 2.50. The molecule has 1 heterocycles. The van der Waals surface area contributed by atoms with Crippen LogP contribution in [0.1, 0.15) is 10.4 Å². The van der Waals surface area contributed by atoms with E-state index in [1.54, 1.807) is 0 Å². The highest BCUT2D eigenvalue weighted by Gasteiger charge is 2.22. The summed E-state index contributed by atoms with van der Waals surface area (Å²) in [4.78, 5) is 0.996. The van der Waals surface area contributed by atoms with Crippen molar-refractivity contribution >= 4 is 40.4 Å². The summed E-state index contributed by atoms with van der Waals surface area (Å²) in [6.45, 7) is 0. The summed E-state index contributed by atoms with van der Waals surface area (Å²) in [5, 5.41) is 11.3. The van der Waals surface area contributed by atoms with E-state index in [2.05, 4.69) is 5.16 Å². The van der Waals surface area contributed by atoms with Crippen LogP contribution in [-0.4, -0.2) is 11.0 Å². The van der Waals surface area contributed by atoms with Crippen LogP contribution in [0.3, 0.4) is 0 Å². The van der Waals surface area contributed by atoms with Crippen molar-refractivity contribution in [3.05, 3.63) is 20.8 Å². The largest absolute Gasteiger partial charge is 0.409 e. The maximum Gasteiger partial charge on any atom is 0.171 e. The molecule has 0 saturated carbocycles. The normalized spacial score (nSPS) is 15.1. The Morgan fingerprint density at radius 1 is 1.67 bits per heavy atom. The average molecular weight is 201 g/mol. The van der Waals surface area contributed by atoms with Crippen LogP contribution in [0.25, 0.3) is 11.6 Å². The second-order valence-electron chi connectivity index (χ2n) is 2.38. The lowest BCUT2D eigenvalue weighted by Crippen LogP contribution is -2.16. The Morgan fingerprint density at radius 2 is 2.42 bits per heavy atom. The molecular weight excluding hydrogens is 196 g/mol. The molecule has 0 atom stereocenters. The van der Waals surface area contributed by atoms with Gasteiger partial charge in [-0.1, -0.05) is 16.8 Å². The van der Waals surface area contributed by atoms with Crippen LogP contribution < -0.4 is 5.73 Å². The van der Waals surface area contributed by atoms with Gasteiger partial charge in [0.2, 0.25) is 0 Å². The van der Waals surface area contributed by atoms with Gasteiger partial charge in [0.05, 0.1) is 4.34 Å². The minimum absolute atomic E-state index is 0.140. The molecule has 0 unspecified atom stereocenters. The van der Waals surface area contributed by atoms with E-state index >= 15 is 0 Å². The fraction of sp³-hybridized carbons (Fsp3) is 0. The number of rotatable bonds is 1. The van der Waals surface area contributed by atoms with Gasteiger partial charge < -0.3 is 10.9 Å². The summed E-state index contributed by atoms with van der Waals surface area (Å²) in [6.07, 6.45) is 1.84. The molecule has 3 N–H and O–H groups in total. The van der Waals surface area contributed by atoms with E-state index in [1.807, 2.05) is 12.1 Å². The van der Waals surface area contributed by atoms with Crippen LogP contribution in [0.4, 0.5) is 0 Å². The highest BCUT2D eigenvalue weighted by Crippen LogP contribution is 2.41. The summed E-state index contributed by atoms with van der Waals surface area (Å²) in [5.74, 6) is 0.140. The molecule has 1 aliphatic rings. The van der Waals surface area contributed by atoms with Gasteiger partial charge in [-0.25, -0.2) is 0 Å². The highest BCUT2D eigenvalue weighted by molar-refractivity contribution is 7.18. The fourth-order valence-corrected chi connectivity index (χ4v) is 2.32. The Balaban J connectivity index is 2.38. The molecule has 1 aromatic rings. The third-order valence-corrected chi connectivity index (χ3v) is 2.97. The van der Waals surface area contributed by atoms with Gasteiger partial charge in [0.15, 0.2) is 5.84 Å². The number of hydrogen-bond acceptors (Lipinski definition) is 3. The molecule has 1 aliphatic carbocycles. The minimum atomic E-state index is 0.140. The zero-order chi connectivity index (χ0) is 8.72. The van der Waals surface area contributed by atoms with Crippen LogP contribution in [0.5, 0.6) is 0 Å². The molecular formula is C7H5ClN2OS. The Labute approximate surface area is 77.8 Å². The Morgan fingerprint density at radius 3 is 3.00 bits per heavy atom. The van der Waals surface area contributed by atoms with Gasteiger partial charge in [0.1, 0.15) is 0 Å².